The van der Waals surface area contributed by atoms with Crippen molar-refractivity contribution in [3.8, 4) is 11.5 Å². The first kappa shape index (κ1) is 16.7. The number of nitrogens with zero attached hydrogens (tertiary/aromatic N) is 3. The predicted molar refractivity (Wildman–Crippen MR) is 98.7 cm³/mol. The number of amides is 1. The van der Waals surface area contributed by atoms with Crippen molar-refractivity contribution in [2.24, 2.45) is 0 Å². The molecule has 0 atom stereocenters. The number of hydrogen-bond donors (Lipinski definition) is 1. The fourth-order valence-electron chi connectivity index (χ4n) is 2.53. The second-order valence-corrected chi connectivity index (χ2v) is 7.09. The van der Waals surface area contributed by atoms with Gasteiger partial charge in [-0.15, -0.1) is 0 Å². The van der Waals surface area contributed by atoms with Gasteiger partial charge in [0.1, 0.15) is 6.54 Å². The first-order chi connectivity index (χ1) is 12.6. The van der Waals surface area contributed by atoms with Crippen molar-refractivity contribution in [1.82, 2.24) is 14.7 Å². The van der Waals surface area contributed by atoms with Crippen molar-refractivity contribution in [3.63, 3.8) is 0 Å². The van der Waals surface area contributed by atoms with Crippen LogP contribution in [-0.4, -0.2) is 20.6 Å². The van der Waals surface area contributed by atoms with E-state index in [2.05, 4.69) is 31.4 Å². The molecule has 3 aromatic rings. The Kier molecular flexibility index (Phi) is 4.42. The van der Waals surface area contributed by atoms with Crippen molar-refractivity contribution < 1.29 is 9.32 Å². The third-order valence-corrected chi connectivity index (χ3v) is 4.59. The van der Waals surface area contributed by atoms with E-state index in [1.807, 2.05) is 12.1 Å². The monoisotopic (exact) mass is 414 g/mol. The van der Waals surface area contributed by atoms with Crippen molar-refractivity contribution in [1.29, 1.82) is 0 Å². The van der Waals surface area contributed by atoms with Gasteiger partial charge < -0.3 is 14.4 Å². The van der Waals surface area contributed by atoms with Crippen LogP contribution in [0.5, 0.6) is 0 Å². The number of rotatable bonds is 5. The van der Waals surface area contributed by atoms with Gasteiger partial charge in [0.2, 0.25) is 5.91 Å². The van der Waals surface area contributed by atoms with Gasteiger partial charge in [-0.2, -0.15) is 4.98 Å². The van der Waals surface area contributed by atoms with E-state index in [1.54, 1.807) is 24.4 Å². The van der Waals surface area contributed by atoms with Gasteiger partial charge in [0.15, 0.2) is 5.82 Å². The Morgan fingerprint density at radius 1 is 1.23 bits per heavy atom. The van der Waals surface area contributed by atoms with E-state index in [9.17, 15) is 9.59 Å². The molecule has 0 saturated heterocycles. The zero-order chi connectivity index (χ0) is 18.1. The Labute approximate surface area is 157 Å². The van der Waals surface area contributed by atoms with Gasteiger partial charge in [-0.1, -0.05) is 21.1 Å². The molecular weight excluding hydrogens is 400 g/mol. The maximum Gasteiger partial charge on any atom is 0.259 e. The Hall–Kier alpha value is -2.74. The van der Waals surface area contributed by atoms with Gasteiger partial charge >= 0.3 is 0 Å². The van der Waals surface area contributed by atoms with Gasteiger partial charge in [0.25, 0.3) is 11.4 Å². The molecule has 0 radical (unpaired) electrons. The van der Waals surface area contributed by atoms with E-state index >= 15 is 0 Å². The first-order valence-corrected chi connectivity index (χ1v) is 8.98. The Bertz CT molecular complexity index is 1010. The number of benzene rings is 1. The van der Waals surface area contributed by atoms with Gasteiger partial charge in [0, 0.05) is 28.3 Å². The molecule has 1 fully saturated rings. The summed E-state index contributed by atoms with van der Waals surface area (Å²) in [6.07, 6.45) is 3.72. The number of nitrogens with one attached hydrogen (secondary N) is 1. The van der Waals surface area contributed by atoms with Crippen LogP contribution in [0.4, 0.5) is 5.69 Å². The molecule has 1 amide bonds. The highest BCUT2D eigenvalue weighted by Gasteiger charge is 2.29. The van der Waals surface area contributed by atoms with Crippen molar-refractivity contribution in [2.75, 3.05) is 5.32 Å². The van der Waals surface area contributed by atoms with Crippen LogP contribution in [0.1, 0.15) is 24.6 Å². The molecule has 26 heavy (non-hydrogen) atoms. The zero-order valence-electron chi connectivity index (χ0n) is 13.7. The first-order valence-electron chi connectivity index (χ1n) is 8.18. The van der Waals surface area contributed by atoms with Crippen LogP contribution in [-0.2, 0) is 11.3 Å². The molecule has 0 unspecified atom stereocenters. The van der Waals surface area contributed by atoms with Crippen LogP contribution < -0.4 is 10.9 Å². The van der Waals surface area contributed by atoms with E-state index in [1.165, 1.54) is 10.6 Å². The molecule has 8 heteroatoms. The minimum atomic E-state index is -0.296. The summed E-state index contributed by atoms with van der Waals surface area (Å²) in [6, 6.07) is 10.2. The van der Waals surface area contributed by atoms with Crippen molar-refractivity contribution in [2.45, 2.75) is 25.3 Å². The van der Waals surface area contributed by atoms with E-state index in [0.29, 0.717) is 28.9 Å². The number of hydrogen-bond acceptors (Lipinski definition) is 5. The van der Waals surface area contributed by atoms with Crippen LogP contribution >= 0.6 is 15.9 Å². The van der Waals surface area contributed by atoms with Gasteiger partial charge in [-0.25, -0.2) is 0 Å². The standard InChI is InChI=1S/C18H15BrN4O3/c19-13-4-6-14(7-5-13)20-15(24)10-23-9-12(3-8-16(23)25)18-21-17(22-26-18)11-1-2-11/h3-9,11H,1-2,10H2,(H,20,24). The second kappa shape index (κ2) is 6.87. The van der Waals surface area contributed by atoms with Gasteiger partial charge in [-0.3, -0.25) is 9.59 Å². The Morgan fingerprint density at radius 3 is 2.73 bits per heavy atom. The molecule has 0 aliphatic heterocycles. The van der Waals surface area contributed by atoms with Crippen LogP contribution in [0.15, 0.2) is 56.4 Å². The molecule has 1 aliphatic carbocycles. The number of anilines is 1. The van der Waals surface area contributed by atoms with E-state index in [4.69, 9.17) is 4.52 Å². The van der Waals surface area contributed by atoms with E-state index in [0.717, 1.165) is 17.3 Å². The molecular formula is C18H15BrN4O3. The minimum Gasteiger partial charge on any atom is -0.334 e. The third kappa shape index (κ3) is 3.75. The molecule has 4 rings (SSSR count). The normalized spacial score (nSPS) is 13.6. The average Bonchev–Trinajstić information content (AvgIpc) is 3.36. The van der Waals surface area contributed by atoms with Crippen molar-refractivity contribution >= 4 is 27.5 Å². The van der Waals surface area contributed by atoms with E-state index in [-0.39, 0.29) is 18.0 Å². The Balaban J connectivity index is 1.51. The highest BCUT2D eigenvalue weighted by Crippen LogP contribution is 2.38. The maximum absolute atomic E-state index is 12.2. The average molecular weight is 415 g/mol. The Morgan fingerprint density at radius 2 is 2.00 bits per heavy atom. The zero-order valence-corrected chi connectivity index (χ0v) is 15.3. The minimum absolute atomic E-state index is 0.105. The van der Waals surface area contributed by atoms with Crippen LogP contribution in [0.25, 0.3) is 11.5 Å². The predicted octanol–water partition coefficient (Wildman–Crippen LogP) is 3.18. The van der Waals surface area contributed by atoms with Gasteiger partial charge in [0.05, 0.1) is 5.56 Å². The summed E-state index contributed by atoms with van der Waals surface area (Å²) in [7, 11) is 0. The molecule has 132 valence electrons. The molecule has 2 aromatic heterocycles. The molecule has 1 aromatic carbocycles. The van der Waals surface area contributed by atoms with Crippen LogP contribution in [0, 0.1) is 0 Å². The van der Waals surface area contributed by atoms with E-state index < -0.39 is 0 Å². The lowest BCUT2D eigenvalue weighted by molar-refractivity contribution is -0.116. The number of carbonyl (C=O) groups excluding carboxylic acids is 1. The topological polar surface area (TPSA) is 90.0 Å². The van der Waals surface area contributed by atoms with Crippen LogP contribution in [0.3, 0.4) is 0 Å². The lowest BCUT2D eigenvalue weighted by Gasteiger charge is -2.08. The summed E-state index contributed by atoms with van der Waals surface area (Å²) in [5.41, 5.74) is 0.996. The summed E-state index contributed by atoms with van der Waals surface area (Å²) >= 11 is 3.34. The SMILES string of the molecule is O=C(Cn1cc(-c2nc(C3CC3)no2)ccc1=O)Nc1ccc(Br)cc1. The molecule has 7 nitrogen and oxygen atoms in total. The molecule has 2 heterocycles. The fourth-order valence-corrected chi connectivity index (χ4v) is 2.79. The molecule has 0 bridgehead atoms. The largest absolute Gasteiger partial charge is 0.334 e. The summed E-state index contributed by atoms with van der Waals surface area (Å²) in [5.74, 6) is 1.14. The highest BCUT2D eigenvalue weighted by atomic mass is 79.9. The number of aromatic nitrogens is 3. The smallest absolute Gasteiger partial charge is 0.259 e. The number of pyridine rings is 1. The second-order valence-electron chi connectivity index (χ2n) is 6.17. The summed E-state index contributed by atoms with van der Waals surface area (Å²) in [6.45, 7) is -0.105. The van der Waals surface area contributed by atoms with Crippen LogP contribution in [0.2, 0.25) is 0 Å². The lowest BCUT2D eigenvalue weighted by atomic mass is 10.2. The lowest BCUT2D eigenvalue weighted by Crippen LogP contribution is -2.26. The third-order valence-electron chi connectivity index (χ3n) is 4.06. The van der Waals surface area contributed by atoms with Crippen molar-refractivity contribution in [3.05, 3.63) is 63.2 Å². The molecule has 0 spiro atoms. The summed E-state index contributed by atoms with van der Waals surface area (Å²) in [4.78, 5) is 28.7. The highest BCUT2D eigenvalue weighted by molar-refractivity contribution is 9.10. The summed E-state index contributed by atoms with van der Waals surface area (Å²) in [5, 5.41) is 6.73. The molecule has 1 saturated carbocycles. The molecule has 1 N–H and O–H groups in total. The maximum atomic E-state index is 12.2. The quantitative estimate of drug-likeness (QED) is 0.692. The van der Waals surface area contributed by atoms with Gasteiger partial charge in [-0.05, 0) is 43.2 Å². The summed E-state index contributed by atoms with van der Waals surface area (Å²) < 4.78 is 7.52. The number of carbonyl (C=O) groups is 1. The number of halogens is 1. The fraction of sp³-hybridized carbons (Fsp3) is 0.222. The molecule has 1 aliphatic rings.